The van der Waals surface area contributed by atoms with Crippen LogP contribution in [-0.4, -0.2) is 40.3 Å². The van der Waals surface area contributed by atoms with Gasteiger partial charge in [-0.15, -0.1) is 0 Å². The van der Waals surface area contributed by atoms with Gasteiger partial charge < -0.3 is 9.33 Å². The fourth-order valence-electron chi connectivity index (χ4n) is 2.68. The van der Waals surface area contributed by atoms with E-state index in [-0.39, 0.29) is 10.9 Å². The summed E-state index contributed by atoms with van der Waals surface area (Å²) in [4.78, 5) is 15.0. The Hall–Kier alpha value is -1.08. The molecule has 0 saturated carbocycles. The smallest absolute Gasteiger partial charge is 0.253 e. The molecular weight excluding hydrogens is 342 g/mol. The van der Waals surface area contributed by atoms with E-state index in [1.807, 2.05) is 30.9 Å². The molecule has 0 atom stereocenters. The molecule has 0 aliphatic heterocycles. The highest BCUT2D eigenvalue weighted by Gasteiger charge is 2.40. The lowest BCUT2D eigenvalue weighted by molar-refractivity contribution is 0.0774. The van der Waals surface area contributed by atoms with Crippen LogP contribution in [0.4, 0.5) is 0 Å². The standard InChI is InChI=1S/C20H37NO2Si2/c1-11-21(12-2)19(22)16-14-13-15-17(18(16)24(6,7)8)23-25(9,10)20(3,4)5/h13-15H,11-12H2,1-10H3. The Bertz CT molecular complexity index is 609. The van der Waals surface area contributed by atoms with Gasteiger partial charge in [0.15, 0.2) is 0 Å². The Morgan fingerprint density at radius 3 is 1.96 bits per heavy atom. The summed E-state index contributed by atoms with van der Waals surface area (Å²) in [5.74, 6) is 1.06. The van der Waals surface area contributed by atoms with Gasteiger partial charge in [-0.1, -0.05) is 46.5 Å². The monoisotopic (exact) mass is 379 g/mol. The lowest BCUT2D eigenvalue weighted by Crippen LogP contribution is -2.49. The normalized spacial score (nSPS) is 12.9. The summed E-state index contributed by atoms with van der Waals surface area (Å²) in [5.41, 5.74) is 0.832. The molecule has 0 saturated heterocycles. The number of rotatable bonds is 6. The second kappa shape index (κ2) is 7.66. The third kappa shape index (κ3) is 4.97. The van der Waals surface area contributed by atoms with Crippen LogP contribution in [0, 0.1) is 0 Å². The molecule has 0 spiro atoms. The van der Waals surface area contributed by atoms with Crippen LogP contribution in [0.1, 0.15) is 45.0 Å². The maximum atomic E-state index is 13.1. The number of benzene rings is 1. The molecule has 0 N–H and O–H groups in total. The minimum Gasteiger partial charge on any atom is -0.544 e. The van der Waals surface area contributed by atoms with Crippen molar-refractivity contribution in [3.05, 3.63) is 23.8 Å². The van der Waals surface area contributed by atoms with Crippen molar-refractivity contribution < 1.29 is 9.22 Å². The highest BCUT2D eigenvalue weighted by Crippen LogP contribution is 2.37. The first kappa shape index (κ1) is 22.0. The maximum absolute atomic E-state index is 13.1. The Morgan fingerprint density at radius 2 is 1.56 bits per heavy atom. The lowest BCUT2D eigenvalue weighted by atomic mass is 10.2. The summed E-state index contributed by atoms with van der Waals surface area (Å²) in [7, 11) is -3.73. The predicted molar refractivity (Wildman–Crippen MR) is 114 cm³/mol. The number of amides is 1. The fraction of sp³-hybridized carbons (Fsp3) is 0.650. The molecule has 0 bridgehead atoms. The molecule has 1 aromatic rings. The van der Waals surface area contributed by atoms with Crippen molar-refractivity contribution in [1.82, 2.24) is 4.90 Å². The highest BCUT2D eigenvalue weighted by atomic mass is 28.4. The van der Waals surface area contributed by atoms with Gasteiger partial charge in [-0.25, -0.2) is 0 Å². The van der Waals surface area contributed by atoms with E-state index in [0.717, 1.165) is 29.6 Å². The van der Waals surface area contributed by atoms with Crippen LogP contribution >= 0.6 is 0 Å². The van der Waals surface area contributed by atoms with Gasteiger partial charge in [0.25, 0.3) is 5.91 Å². The van der Waals surface area contributed by atoms with Gasteiger partial charge in [-0.3, -0.25) is 4.79 Å². The zero-order chi connectivity index (χ0) is 19.6. The first-order chi connectivity index (χ1) is 11.3. The Balaban J connectivity index is 3.52. The van der Waals surface area contributed by atoms with Gasteiger partial charge in [0.05, 0.1) is 8.07 Å². The second-order valence-electron chi connectivity index (χ2n) is 9.27. The SMILES string of the molecule is CCN(CC)C(=O)c1cccc(O[Si](C)(C)C(C)(C)C)c1[Si](C)(C)C. The first-order valence-corrected chi connectivity index (χ1v) is 15.8. The molecule has 1 aromatic carbocycles. The van der Waals surface area contributed by atoms with Gasteiger partial charge in [0.1, 0.15) is 5.75 Å². The van der Waals surface area contributed by atoms with Gasteiger partial charge >= 0.3 is 0 Å². The van der Waals surface area contributed by atoms with Crippen LogP contribution in [0.5, 0.6) is 5.75 Å². The molecule has 0 heterocycles. The zero-order valence-corrected chi connectivity index (χ0v) is 19.9. The summed E-state index contributed by atoms with van der Waals surface area (Å²) in [6.07, 6.45) is 0. The third-order valence-electron chi connectivity index (χ3n) is 5.23. The van der Waals surface area contributed by atoms with Crippen molar-refractivity contribution in [3.63, 3.8) is 0 Å². The van der Waals surface area contributed by atoms with E-state index in [1.165, 1.54) is 0 Å². The van der Waals surface area contributed by atoms with Crippen molar-refractivity contribution >= 4 is 27.5 Å². The van der Waals surface area contributed by atoms with Crippen molar-refractivity contribution in [2.45, 2.75) is 72.4 Å². The van der Waals surface area contributed by atoms with E-state index >= 15 is 0 Å². The van der Waals surface area contributed by atoms with Gasteiger partial charge in [0.2, 0.25) is 8.32 Å². The van der Waals surface area contributed by atoms with Crippen LogP contribution < -0.4 is 9.61 Å². The summed E-state index contributed by atoms with van der Waals surface area (Å²) in [6.45, 7) is 23.7. The molecule has 3 nitrogen and oxygen atoms in total. The van der Waals surface area contributed by atoms with E-state index in [0.29, 0.717) is 0 Å². The summed E-state index contributed by atoms with van der Waals surface area (Å²) >= 11 is 0. The fourth-order valence-corrected chi connectivity index (χ4v) is 5.68. The molecule has 1 amide bonds. The number of hydrogen-bond acceptors (Lipinski definition) is 2. The number of nitrogens with zero attached hydrogens (tertiary/aromatic N) is 1. The molecule has 1 rings (SSSR count). The van der Waals surface area contributed by atoms with Gasteiger partial charge in [-0.05, 0) is 49.3 Å². The van der Waals surface area contributed by atoms with Gasteiger partial charge in [-0.2, -0.15) is 0 Å². The first-order valence-electron chi connectivity index (χ1n) is 9.38. The largest absolute Gasteiger partial charge is 0.544 e. The Labute approximate surface area is 156 Å². The third-order valence-corrected chi connectivity index (χ3v) is 11.6. The molecular formula is C20H37NO2Si2. The van der Waals surface area contributed by atoms with Gasteiger partial charge in [0, 0.05) is 18.7 Å². The Morgan fingerprint density at radius 1 is 1.04 bits per heavy atom. The van der Waals surface area contributed by atoms with E-state index < -0.39 is 16.4 Å². The summed E-state index contributed by atoms with van der Waals surface area (Å²) < 4.78 is 6.66. The van der Waals surface area contributed by atoms with Crippen LogP contribution in [0.2, 0.25) is 37.8 Å². The molecule has 0 aliphatic rings. The number of carbonyl (C=O) groups excluding carboxylic acids is 1. The average Bonchev–Trinajstić information content (AvgIpc) is 2.45. The second-order valence-corrected chi connectivity index (χ2v) is 19.0. The van der Waals surface area contributed by atoms with Crippen LogP contribution in [0.15, 0.2) is 18.2 Å². The van der Waals surface area contributed by atoms with E-state index in [1.54, 1.807) is 0 Å². The Kier molecular flexibility index (Phi) is 6.73. The molecule has 142 valence electrons. The van der Waals surface area contributed by atoms with E-state index in [2.05, 4.69) is 59.6 Å². The molecule has 0 unspecified atom stereocenters. The minimum atomic E-state index is -1.96. The topological polar surface area (TPSA) is 29.5 Å². The van der Waals surface area contributed by atoms with Crippen molar-refractivity contribution in [1.29, 1.82) is 0 Å². The molecule has 0 fully saturated rings. The van der Waals surface area contributed by atoms with Crippen LogP contribution in [0.25, 0.3) is 0 Å². The quantitative estimate of drug-likeness (QED) is 0.644. The maximum Gasteiger partial charge on any atom is 0.253 e. The van der Waals surface area contributed by atoms with Crippen molar-refractivity contribution in [2.24, 2.45) is 0 Å². The molecule has 5 heteroatoms. The predicted octanol–water partition coefficient (Wildman–Crippen LogP) is 5.10. The highest BCUT2D eigenvalue weighted by molar-refractivity contribution is 6.90. The molecule has 0 aromatic heterocycles. The van der Waals surface area contributed by atoms with E-state index in [9.17, 15) is 4.79 Å². The number of hydrogen-bond donors (Lipinski definition) is 0. The van der Waals surface area contributed by atoms with Crippen LogP contribution in [-0.2, 0) is 0 Å². The average molecular weight is 380 g/mol. The molecule has 25 heavy (non-hydrogen) atoms. The van der Waals surface area contributed by atoms with Crippen molar-refractivity contribution in [3.8, 4) is 5.75 Å². The summed E-state index contributed by atoms with van der Waals surface area (Å²) in [6, 6.07) is 6.02. The minimum absolute atomic E-state index is 0.128. The van der Waals surface area contributed by atoms with Crippen LogP contribution in [0.3, 0.4) is 0 Å². The van der Waals surface area contributed by atoms with Crippen molar-refractivity contribution in [2.75, 3.05) is 13.1 Å². The molecule has 0 radical (unpaired) electrons. The molecule has 0 aliphatic carbocycles. The lowest BCUT2D eigenvalue weighted by Gasteiger charge is -2.38. The zero-order valence-electron chi connectivity index (χ0n) is 17.9. The van der Waals surface area contributed by atoms with E-state index in [4.69, 9.17) is 4.43 Å². The summed E-state index contributed by atoms with van der Waals surface area (Å²) in [5, 5.41) is 1.29. The number of carbonyl (C=O) groups is 1.